The van der Waals surface area contributed by atoms with E-state index < -0.39 is 5.82 Å². The van der Waals surface area contributed by atoms with Crippen molar-refractivity contribution in [3.05, 3.63) is 89.1 Å². The molecule has 0 spiro atoms. The summed E-state index contributed by atoms with van der Waals surface area (Å²) in [5.41, 5.74) is 0.296. The maximum atomic E-state index is 14.2. The van der Waals surface area contributed by atoms with Crippen LogP contribution in [0.3, 0.4) is 0 Å². The number of furan rings is 1. The van der Waals surface area contributed by atoms with Gasteiger partial charge in [0.25, 0.3) is 0 Å². The smallest absolute Gasteiger partial charge is 0.223 e. The summed E-state index contributed by atoms with van der Waals surface area (Å²) in [5.74, 6) is 0.839. The fraction of sp³-hybridized carbons (Fsp3) is 0.227. The highest BCUT2D eigenvalue weighted by molar-refractivity contribution is 6.31. The van der Waals surface area contributed by atoms with Crippen LogP contribution in [0, 0.1) is 5.82 Å². The predicted octanol–water partition coefficient (Wildman–Crippen LogP) is 5.46. The Morgan fingerprint density at radius 1 is 1.04 bits per heavy atom. The molecule has 3 aromatic rings. The summed E-state index contributed by atoms with van der Waals surface area (Å²) in [7, 11) is 0. The molecule has 28 heavy (non-hydrogen) atoms. The lowest BCUT2D eigenvalue weighted by Gasteiger charge is -2.23. The van der Waals surface area contributed by atoms with Gasteiger partial charge in [-0.25, -0.2) is 4.39 Å². The number of rotatable bonds is 9. The maximum absolute atomic E-state index is 14.2. The van der Waals surface area contributed by atoms with E-state index in [1.165, 1.54) is 6.07 Å². The van der Waals surface area contributed by atoms with Crippen molar-refractivity contribution in [1.29, 1.82) is 0 Å². The minimum atomic E-state index is -0.433. The van der Waals surface area contributed by atoms with Gasteiger partial charge in [0.1, 0.15) is 17.3 Å². The van der Waals surface area contributed by atoms with E-state index >= 15 is 0 Å². The zero-order chi connectivity index (χ0) is 19.8. The average Bonchev–Trinajstić information content (AvgIpc) is 3.21. The van der Waals surface area contributed by atoms with Crippen LogP contribution in [-0.4, -0.2) is 17.4 Å². The summed E-state index contributed by atoms with van der Waals surface area (Å²) < 4.78 is 25.2. The molecule has 0 bridgehead atoms. The molecule has 0 fully saturated rings. The number of hydrogen-bond acceptors (Lipinski definition) is 3. The Balaban J connectivity index is 1.61. The van der Waals surface area contributed by atoms with Gasteiger partial charge in [-0.2, -0.15) is 0 Å². The van der Waals surface area contributed by atoms with Gasteiger partial charge in [0, 0.05) is 17.0 Å². The summed E-state index contributed by atoms with van der Waals surface area (Å²) in [6.07, 6.45) is 2.37. The minimum absolute atomic E-state index is 0.0740. The van der Waals surface area contributed by atoms with Crippen LogP contribution >= 0.6 is 11.6 Å². The molecule has 146 valence electrons. The molecule has 4 nitrogen and oxygen atoms in total. The highest BCUT2D eigenvalue weighted by Crippen LogP contribution is 2.22. The van der Waals surface area contributed by atoms with Crippen LogP contribution in [0.2, 0.25) is 5.02 Å². The first-order chi connectivity index (χ1) is 13.6. The van der Waals surface area contributed by atoms with E-state index in [9.17, 15) is 9.18 Å². The molecule has 0 radical (unpaired) electrons. The fourth-order valence-corrected chi connectivity index (χ4v) is 3.01. The summed E-state index contributed by atoms with van der Waals surface area (Å²) in [6.45, 7) is 0.741. The van der Waals surface area contributed by atoms with E-state index in [4.69, 9.17) is 20.8 Å². The van der Waals surface area contributed by atoms with Gasteiger partial charge in [0.2, 0.25) is 5.91 Å². The molecule has 1 heterocycles. The van der Waals surface area contributed by atoms with Crippen LogP contribution in [0.5, 0.6) is 5.75 Å². The Labute approximate surface area is 168 Å². The van der Waals surface area contributed by atoms with Crippen LogP contribution in [0.4, 0.5) is 4.39 Å². The molecule has 1 amide bonds. The monoisotopic (exact) mass is 401 g/mol. The van der Waals surface area contributed by atoms with Gasteiger partial charge < -0.3 is 14.1 Å². The van der Waals surface area contributed by atoms with Crippen LogP contribution in [0.25, 0.3) is 0 Å². The number of amides is 1. The Morgan fingerprint density at radius 3 is 2.57 bits per heavy atom. The summed E-state index contributed by atoms with van der Waals surface area (Å²) in [5, 5.41) is 0.296. The molecule has 0 aliphatic carbocycles. The normalized spacial score (nSPS) is 10.6. The second kappa shape index (κ2) is 9.95. The largest absolute Gasteiger partial charge is 0.494 e. The Kier molecular flexibility index (Phi) is 7.09. The van der Waals surface area contributed by atoms with E-state index in [2.05, 4.69) is 0 Å². The van der Waals surface area contributed by atoms with Crippen molar-refractivity contribution in [2.75, 3.05) is 6.61 Å². The topological polar surface area (TPSA) is 42.7 Å². The fourth-order valence-electron chi connectivity index (χ4n) is 2.79. The predicted molar refractivity (Wildman–Crippen MR) is 106 cm³/mol. The van der Waals surface area contributed by atoms with E-state index in [1.54, 1.807) is 35.4 Å². The van der Waals surface area contributed by atoms with Gasteiger partial charge in [-0.05, 0) is 42.8 Å². The molecule has 0 N–H and O–H groups in total. The minimum Gasteiger partial charge on any atom is -0.494 e. The van der Waals surface area contributed by atoms with Crippen LogP contribution in [0.15, 0.2) is 71.3 Å². The van der Waals surface area contributed by atoms with Gasteiger partial charge >= 0.3 is 0 Å². The first-order valence-corrected chi connectivity index (χ1v) is 9.42. The molecular weight excluding hydrogens is 381 g/mol. The van der Waals surface area contributed by atoms with Crippen LogP contribution in [0.1, 0.15) is 24.2 Å². The number of para-hydroxylation sites is 1. The van der Waals surface area contributed by atoms with Gasteiger partial charge in [0.15, 0.2) is 0 Å². The lowest BCUT2D eigenvalue weighted by atomic mass is 10.1. The molecule has 0 unspecified atom stereocenters. The SMILES string of the molecule is O=C(CCCOc1ccccc1)N(Cc1ccco1)Cc1c(F)cccc1Cl. The first kappa shape index (κ1) is 20.0. The maximum Gasteiger partial charge on any atom is 0.223 e. The highest BCUT2D eigenvalue weighted by atomic mass is 35.5. The highest BCUT2D eigenvalue weighted by Gasteiger charge is 2.19. The van der Waals surface area contributed by atoms with Crippen molar-refractivity contribution in [2.45, 2.75) is 25.9 Å². The number of carbonyl (C=O) groups excluding carboxylic acids is 1. The Bertz CT molecular complexity index is 864. The van der Waals surface area contributed by atoms with Gasteiger partial charge in [-0.3, -0.25) is 4.79 Å². The average molecular weight is 402 g/mol. The number of hydrogen-bond donors (Lipinski definition) is 0. The Hall–Kier alpha value is -2.79. The third-order valence-electron chi connectivity index (χ3n) is 4.24. The lowest BCUT2D eigenvalue weighted by Crippen LogP contribution is -2.30. The van der Waals surface area contributed by atoms with Crippen molar-refractivity contribution < 1.29 is 18.3 Å². The van der Waals surface area contributed by atoms with Crippen molar-refractivity contribution in [3.8, 4) is 5.75 Å². The van der Waals surface area contributed by atoms with E-state index in [0.29, 0.717) is 29.4 Å². The van der Waals surface area contributed by atoms with Crippen molar-refractivity contribution >= 4 is 17.5 Å². The molecule has 2 aromatic carbocycles. The zero-order valence-electron chi connectivity index (χ0n) is 15.3. The molecule has 6 heteroatoms. The van der Waals surface area contributed by atoms with E-state index in [-0.39, 0.29) is 25.4 Å². The van der Waals surface area contributed by atoms with E-state index in [1.807, 2.05) is 30.3 Å². The van der Waals surface area contributed by atoms with Crippen LogP contribution in [-0.2, 0) is 17.9 Å². The number of halogens is 2. The van der Waals surface area contributed by atoms with Gasteiger partial charge in [-0.15, -0.1) is 0 Å². The molecule has 1 aromatic heterocycles. The Morgan fingerprint density at radius 2 is 1.86 bits per heavy atom. The second-order valence-corrected chi connectivity index (χ2v) is 6.70. The molecule has 0 atom stereocenters. The molecule has 0 aliphatic rings. The van der Waals surface area contributed by atoms with Crippen molar-refractivity contribution in [1.82, 2.24) is 4.90 Å². The summed E-state index contributed by atoms with van der Waals surface area (Å²) >= 11 is 6.13. The lowest BCUT2D eigenvalue weighted by molar-refractivity contribution is -0.133. The molecule has 3 rings (SSSR count). The van der Waals surface area contributed by atoms with E-state index in [0.717, 1.165) is 5.75 Å². The standard InChI is InChI=1S/C22H21ClFNO3/c23-20-10-4-11-21(24)19(20)16-25(15-18-9-5-13-28-18)22(26)12-6-14-27-17-7-2-1-3-8-17/h1-5,7-11,13H,6,12,14-16H2. The molecule has 0 saturated carbocycles. The third kappa shape index (κ3) is 5.60. The van der Waals surface area contributed by atoms with Crippen molar-refractivity contribution in [2.24, 2.45) is 0 Å². The van der Waals surface area contributed by atoms with Gasteiger partial charge in [-0.1, -0.05) is 35.9 Å². The number of nitrogens with zero attached hydrogens (tertiary/aromatic N) is 1. The van der Waals surface area contributed by atoms with Crippen LogP contribution < -0.4 is 4.74 Å². The molecule has 0 saturated heterocycles. The first-order valence-electron chi connectivity index (χ1n) is 9.04. The number of carbonyl (C=O) groups is 1. The summed E-state index contributed by atoms with van der Waals surface area (Å²) in [6, 6.07) is 17.5. The van der Waals surface area contributed by atoms with Crippen molar-refractivity contribution in [3.63, 3.8) is 0 Å². The third-order valence-corrected chi connectivity index (χ3v) is 4.59. The number of ether oxygens (including phenoxy) is 1. The zero-order valence-corrected chi connectivity index (χ0v) is 16.1. The molecular formula is C22H21ClFNO3. The number of benzene rings is 2. The second-order valence-electron chi connectivity index (χ2n) is 6.29. The molecule has 0 aliphatic heterocycles. The summed E-state index contributed by atoms with van der Waals surface area (Å²) in [4.78, 5) is 14.3. The van der Waals surface area contributed by atoms with Gasteiger partial charge in [0.05, 0.1) is 26.0 Å². The quantitative estimate of drug-likeness (QED) is 0.447.